The van der Waals surface area contributed by atoms with Crippen molar-refractivity contribution in [1.82, 2.24) is 5.06 Å². The quantitative estimate of drug-likeness (QED) is 0.421. The number of aliphatic hydroxyl groups is 1. The summed E-state index contributed by atoms with van der Waals surface area (Å²) >= 11 is 0. The van der Waals surface area contributed by atoms with Crippen molar-refractivity contribution in [3.05, 3.63) is 36.5 Å². The van der Waals surface area contributed by atoms with Crippen molar-refractivity contribution in [2.24, 2.45) is 0 Å². The van der Waals surface area contributed by atoms with Crippen LogP contribution in [0.3, 0.4) is 0 Å². The monoisotopic (exact) mass is 365 g/mol. The molecule has 0 aromatic rings. The average Bonchev–Trinajstić information content (AvgIpc) is 2.43. The van der Waals surface area contributed by atoms with Gasteiger partial charge in [0.05, 0.1) is 12.2 Å². The molecule has 0 aromatic heterocycles. The van der Waals surface area contributed by atoms with E-state index >= 15 is 0 Å². The Morgan fingerprint density at radius 1 is 1.12 bits per heavy atom. The number of ether oxygens (including phenoxy) is 1. The number of allylic oxidation sites excluding steroid dienone is 5. The van der Waals surface area contributed by atoms with Gasteiger partial charge in [-0.25, -0.2) is 4.79 Å². The van der Waals surface area contributed by atoms with Gasteiger partial charge in [-0.3, -0.25) is 4.84 Å². The maximum absolute atomic E-state index is 12.1. The maximum atomic E-state index is 12.1. The molecule has 5 heteroatoms. The van der Waals surface area contributed by atoms with Crippen molar-refractivity contribution in [1.29, 1.82) is 0 Å². The molecule has 1 fully saturated rings. The molecule has 0 radical (unpaired) electrons. The predicted octanol–water partition coefficient (Wildman–Crippen LogP) is 3.94. The molecule has 0 spiro atoms. The lowest BCUT2D eigenvalue weighted by atomic mass is 9.80. The first-order valence-electron chi connectivity index (χ1n) is 9.20. The number of carbonyl (C=O) groups is 1. The van der Waals surface area contributed by atoms with Crippen LogP contribution in [-0.4, -0.2) is 45.5 Å². The fourth-order valence-corrected chi connectivity index (χ4v) is 3.40. The lowest BCUT2D eigenvalue weighted by Crippen LogP contribution is -2.62. The van der Waals surface area contributed by atoms with E-state index in [0.717, 1.165) is 0 Å². The molecule has 1 N–H and O–H groups in total. The van der Waals surface area contributed by atoms with Gasteiger partial charge in [-0.15, -0.1) is 0 Å². The summed E-state index contributed by atoms with van der Waals surface area (Å²) in [5.74, 6) is -0.336. The van der Waals surface area contributed by atoms with Crippen LogP contribution in [0.5, 0.6) is 0 Å². The van der Waals surface area contributed by atoms with Crippen LogP contribution in [0.2, 0.25) is 0 Å². The van der Waals surface area contributed by atoms with E-state index in [1.165, 1.54) is 6.08 Å². The predicted molar refractivity (Wildman–Crippen MR) is 104 cm³/mol. The highest BCUT2D eigenvalue weighted by molar-refractivity contribution is 5.82. The standard InChI is InChI=1S/C21H35NO4/c1-8-9-10-11-12-13-18(23)26-17-14-19(2,3)22(20(4,5)15-17)25-16-21(6,7)24/h8-13,17,24H,14-16H2,1-7H3/b9-8+,11-10+,13-12-. The van der Waals surface area contributed by atoms with Crippen LogP contribution in [-0.2, 0) is 14.4 Å². The molecule has 1 aliphatic heterocycles. The van der Waals surface area contributed by atoms with Crippen molar-refractivity contribution in [3.63, 3.8) is 0 Å². The Hall–Kier alpha value is -1.43. The van der Waals surface area contributed by atoms with E-state index < -0.39 is 5.60 Å². The Morgan fingerprint density at radius 2 is 1.65 bits per heavy atom. The lowest BCUT2D eigenvalue weighted by Gasteiger charge is -2.53. The van der Waals surface area contributed by atoms with E-state index in [2.05, 4.69) is 27.7 Å². The molecule has 1 heterocycles. The van der Waals surface area contributed by atoms with Gasteiger partial charge in [0.25, 0.3) is 0 Å². The van der Waals surface area contributed by atoms with Crippen LogP contribution in [0.1, 0.15) is 61.3 Å². The van der Waals surface area contributed by atoms with Crippen molar-refractivity contribution in [3.8, 4) is 0 Å². The summed E-state index contributed by atoms with van der Waals surface area (Å²) < 4.78 is 5.65. The summed E-state index contributed by atoms with van der Waals surface area (Å²) in [4.78, 5) is 18.0. The molecule has 0 amide bonds. The summed E-state index contributed by atoms with van der Waals surface area (Å²) in [5.41, 5.74) is -1.55. The zero-order valence-corrected chi connectivity index (χ0v) is 17.3. The van der Waals surface area contributed by atoms with E-state index in [4.69, 9.17) is 9.57 Å². The summed E-state index contributed by atoms with van der Waals surface area (Å²) in [6.45, 7) is 13.8. The normalized spacial score (nSPS) is 21.8. The Kier molecular flexibility index (Phi) is 7.81. The molecule has 1 aliphatic rings. The number of hydrogen-bond donors (Lipinski definition) is 1. The first-order chi connectivity index (χ1) is 11.9. The smallest absolute Gasteiger partial charge is 0.331 e. The molecular formula is C21H35NO4. The van der Waals surface area contributed by atoms with Gasteiger partial charge in [-0.05, 0) is 48.5 Å². The van der Waals surface area contributed by atoms with Crippen LogP contribution in [0, 0.1) is 0 Å². The average molecular weight is 366 g/mol. The van der Waals surface area contributed by atoms with Crippen molar-refractivity contribution in [2.75, 3.05) is 6.61 Å². The van der Waals surface area contributed by atoms with Gasteiger partial charge in [0.2, 0.25) is 0 Å². The number of piperidine rings is 1. The first-order valence-corrected chi connectivity index (χ1v) is 9.20. The fraction of sp³-hybridized carbons (Fsp3) is 0.667. The molecule has 0 aliphatic carbocycles. The molecule has 1 saturated heterocycles. The number of rotatable bonds is 7. The second-order valence-electron chi connectivity index (χ2n) is 8.74. The summed E-state index contributed by atoms with van der Waals surface area (Å²) in [7, 11) is 0. The van der Waals surface area contributed by atoms with E-state index in [0.29, 0.717) is 12.8 Å². The number of esters is 1. The van der Waals surface area contributed by atoms with E-state index in [1.807, 2.05) is 30.2 Å². The lowest BCUT2D eigenvalue weighted by molar-refractivity contribution is -0.306. The molecule has 5 nitrogen and oxygen atoms in total. The van der Waals surface area contributed by atoms with Crippen LogP contribution in [0.15, 0.2) is 36.5 Å². The molecule has 0 saturated carbocycles. The van der Waals surface area contributed by atoms with Gasteiger partial charge in [0.15, 0.2) is 0 Å². The van der Waals surface area contributed by atoms with Gasteiger partial charge < -0.3 is 9.84 Å². The van der Waals surface area contributed by atoms with E-state index in [1.54, 1.807) is 26.0 Å². The molecule has 0 aromatic carbocycles. The van der Waals surface area contributed by atoms with Gasteiger partial charge >= 0.3 is 5.97 Å². The molecular weight excluding hydrogens is 330 g/mol. The van der Waals surface area contributed by atoms with Gasteiger partial charge in [-0.2, -0.15) is 5.06 Å². The van der Waals surface area contributed by atoms with Gasteiger partial charge in [-0.1, -0.05) is 30.4 Å². The zero-order valence-electron chi connectivity index (χ0n) is 17.3. The van der Waals surface area contributed by atoms with Crippen molar-refractivity contribution in [2.45, 2.75) is 84.1 Å². The highest BCUT2D eigenvalue weighted by Gasteiger charge is 2.48. The maximum Gasteiger partial charge on any atom is 0.331 e. The number of hydroxylamine groups is 2. The van der Waals surface area contributed by atoms with Crippen LogP contribution >= 0.6 is 0 Å². The second kappa shape index (κ2) is 8.98. The Morgan fingerprint density at radius 3 is 2.15 bits per heavy atom. The summed E-state index contributed by atoms with van der Waals surface area (Å²) in [6.07, 6.45) is 11.7. The molecule has 0 atom stereocenters. The topological polar surface area (TPSA) is 59.0 Å². The number of carbonyl (C=O) groups excluding carboxylic acids is 1. The van der Waals surface area contributed by atoms with Gasteiger partial charge in [0, 0.05) is 30.0 Å². The number of nitrogens with zero attached hydrogens (tertiary/aromatic N) is 1. The third kappa shape index (κ3) is 7.44. The molecule has 148 valence electrons. The Bertz CT molecular complexity index is 535. The molecule has 0 unspecified atom stereocenters. The van der Waals surface area contributed by atoms with E-state index in [9.17, 15) is 9.90 Å². The Balaban J connectivity index is 2.72. The molecule has 26 heavy (non-hydrogen) atoms. The minimum atomic E-state index is -0.902. The van der Waals surface area contributed by atoms with Crippen LogP contribution in [0.25, 0.3) is 0 Å². The third-order valence-corrected chi connectivity index (χ3v) is 4.14. The zero-order chi connectivity index (χ0) is 20.0. The third-order valence-electron chi connectivity index (χ3n) is 4.14. The van der Waals surface area contributed by atoms with Crippen LogP contribution < -0.4 is 0 Å². The fourth-order valence-electron chi connectivity index (χ4n) is 3.40. The minimum absolute atomic E-state index is 0.182. The SMILES string of the molecule is C/C=C/C=C/C=C\C(=O)OC1CC(C)(C)N(OCC(C)(C)O)C(C)(C)C1. The second-order valence-corrected chi connectivity index (χ2v) is 8.74. The molecule has 1 rings (SSSR count). The molecule has 0 bridgehead atoms. The largest absolute Gasteiger partial charge is 0.459 e. The van der Waals surface area contributed by atoms with Crippen LogP contribution in [0.4, 0.5) is 0 Å². The summed E-state index contributed by atoms with van der Waals surface area (Å²) in [6, 6.07) is 0. The number of hydrogen-bond acceptors (Lipinski definition) is 5. The van der Waals surface area contributed by atoms with E-state index in [-0.39, 0.29) is 29.8 Å². The highest BCUT2D eigenvalue weighted by Crippen LogP contribution is 2.40. The van der Waals surface area contributed by atoms with Crippen molar-refractivity contribution >= 4 is 5.97 Å². The minimum Gasteiger partial charge on any atom is -0.459 e. The highest BCUT2D eigenvalue weighted by atomic mass is 16.7. The summed E-state index contributed by atoms with van der Waals surface area (Å²) in [5, 5.41) is 11.9. The van der Waals surface area contributed by atoms with Crippen molar-refractivity contribution < 1.29 is 19.5 Å². The Labute approximate surface area is 158 Å². The van der Waals surface area contributed by atoms with Gasteiger partial charge in [0.1, 0.15) is 6.10 Å². The first kappa shape index (κ1) is 22.6.